The van der Waals surface area contributed by atoms with Crippen molar-refractivity contribution < 1.29 is 19.1 Å². The number of amides is 1. The minimum absolute atomic E-state index is 0.133. The molecule has 1 aliphatic heterocycles. The van der Waals surface area contributed by atoms with Gasteiger partial charge in [-0.25, -0.2) is 14.8 Å². The van der Waals surface area contributed by atoms with Gasteiger partial charge in [0.25, 0.3) is 0 Å². The van der Waals surface area contributed by atoms with E-state index in [0.29, 0.717) is 41.3 Å². The van der Waals surface area contributed by atoms with Crippen LogP contribution in [0, 0.1) is 19.8 Å². The molecule has 0 radical (unpaired) electrons. The van der Waals surface area contributed by atoms with Gasteiger partial charge in [-0.3, -0.25) is 4.79 Å². The predicted octanol–water partition coefficient (Wildman–Crippen LogP) is 4.30. The molecule has 8 heteroatoms. The Morgan fingerprint density at radius 2 is 1.88 bits per heavy atom. The van der Waals surface area contributed by atoms with Gasteiger partial charge in [-0.1, -0.05) is 29.8 Å². The average molecular weight is 444 g/mol. The summed E-state index contributed by atoms with van der Waals surface area (Å²) in [6.45, 7) is 4.16. The summed E-state index contributed by atoms with van der Waals surface area (Å²) in [6, 6.07) is 14.4. The van der Waals surface area contributed by atoms with Crippen LogP contribution in [0.15, 0.2) is 52.9 Å². The Morgan fingerprint density at radius 1 is 1.12 bits per heavy atom. The van der Waals surface area contributed by atoms with Crippen LogP contribution in [0.1, 0.15) is 24.2 Å². The summed E-state index contributed by atoms with van der Waals surface area (Å²) in [5.41, 5.74) is 3.65. The third-order valence-corrected chi connectivity index (χ3v) is 6.07. The first-order valence-corrected chi connectivity index (χ1v) is 10.9. The molecule has 0 unspecified atom stereocenters. The van der Waals surface area contributed by atoms with Gasteiger partial charge in [-0.2, -0.15) is 0 Å². The quantitative estimate of drug-likeness (QED) is 0.472. The van der Waals surface area contributed by atoms with Crippen molar-refractivity contribution in [3.05, 3.63) is 59.9 Å². The zero-order chi connectivity index (χ0) is 23.1. The molecule has 2 aromatic heterocycles. The van der Waals surface area contributed by atoms with Crippen molar-refractivity contribution in [3.8, 4) is 0 Å². The van der Waals surface area contributed by atoms with Gasteiger partial charge in [-0.15, -0.1) is 0 Å². The van der Waals surface area contributed by atoms with E-state index in [2.05, 4.69) is 15.3 Å². The summed E-state index contributed by atoms with van der Waals surface area (Å²) in [4.78, 5) is 35.6. The van der Waals surface area contributed by atoms with Gasteiger partial charge < -0.3 is 19.7 Å². The number of hydrogen-bond acceptors (Lipinski definition) is 6. The number of nitrogens with zero attached hydrogens (tertiary/aromatic N) is 3. The third-order valence-electron chi connectivity index (χ3n) is 6.07. The number of nitrogens with one attached hydrogen (secondary N) is 1. The highest BCUT2D eigenvalue weighted by molar-refractivity contribution is 6.06. The van der Waals surface area contributed by atoms with E-state index >= 15 is 0 Å². The third kappa shape index (κ3) is 4.00. The van der Waals surface area contributed by atoms with Crippen molar-refractivity contribution in [1.29, 1.82) is 0 Å². The lowest BCUT2D eigenvalue weighted by Gasteiger charge is -2.22. The van der Waals surface area contributed by atoms with Crippen LogP contribution in [0.25, 0.3) is 22.1 Å². The summed E-state index contributed by atoms with van der Waals surface area (Å²) in [5, 5.41) is 13.7. The van der Waals surface area contributed by atoms with Crippen LogP contribution < -0.4 is 10.2 Å². The molecular formula is C25H24N4O4. The number of carboxylic acids is 1. The van der Waals surface area contributed by atoms with E-state index in [9.17, 15) is 14.7 Å². The molecular weight excluding hydrogens is 420 g/mol. The predicted molar refractivity (Wildman–Crippen MR) is 125 cm³/mol. The molecule has 1 fully saturated rings. The van der Waals surface area contributed by atoms with Crippen molar-refractivity contribution in [2.75, 3.05) is 16.8 Å². The van der Waals surface area contributed by atoms with E-state index in [-0.39, 0.29) is 18.2 Å². The van der Waals surface area contributed by atoms with Gasteiger partial charge >= 0.3 is 5.97 Å². The molecule has 5 rings (SSSR count). The fraction of sp³-hybridized carbons (Fsp3) is 0.280. The number of fused-ring (bicyclic) bond motifs is 3. The Morgan fingerprint density at radius 3 is 2.64 bits per heavy atom. The van der Waals surface area contributed by atoms with E-state index in [1.54, 1.807) is 11.8 Å². The van der Waals surface area contributed by atoms with Gasteiger partial charge in [0.05, 0.1) is 0 Å². The van der Waals surface area contributed by atoms with Crippen LogP contribution in [0.3, 0.4) is 0 Å². The molecule has 33 heavy (non-hydrogen) atoms. The number of carbonyl (C=O) groups is 2. The highest BCUT2D eigenvalue weighted by Gasteiger charge is 2.40. The van der Waals surface area contributed by atoms with Crippen LogP contribution in [-0.4, -0.2) is 39.5 Å². The molecule has 0 aliphatic carbocycles. The number of hydrogen-bond donors (Lipinski definition) is 2. The Labute approximate surface area is 190 Å². The zero-order valence-electron chi connectivity index (χ0n) is 18.4. The minimum Gasteiger partial charge on any atom is -0.480 e. The highest BCUT2D eigenvalue weighted by atomic mass is 16.4. The van der Waals surface area contributed by atoms with Crippen LogP contribution in [-0.2, 0) is 9.59 Å². The number of carboxylic acid groups (broad SMARTS) is 1. The van der Waals surface area contributed by atoms with Crippen molar-refractivity contribution in [3.63, 3.8) is 0 Å². The largest absolute Gasteiger partial charge is 0.480 e. The number of anilines is 2. The number of rotatable bonds is 5. The first-order valence-electron chi connectivity index (χ1n) is 10.9. The second-order valence-electron chi connectivity index (χ2n) is 8.60. The molecule has 0 bridgehead atoms. The number of aromatic nitrogens is 2. The Hall–Kier alpha value is -3.94. The van der Waals surface area contributed by atoms with Crippen molar-refractivity contribution >= 4 is 45.5 Å². The molecule has 2 aromatic carbocycles. The Kier molecular flexibility index (Phi) is 5.20. The number of aliphatic carboxylic acids is 1. The average Bonchev–Trinajstić information content (AvgIpc) is 3.36. The topological polar surface area (TPSA) is 109 Å². The van der Waals surface area contributed by atoms with E-state index in [1.165, 1.54) is 0 Å². The zero-order valence-corrected chi connectivity index (χ0v) is 18.4. The highest BCUT2D eigenvalue weighted by Crippen LogP contribution is 2.37. The van der Waals surface area contributed by atoms with E-state index in [4.69, 9.17) is 4.42 Å². The normalized spacial score (nSPS) is 18.2. The molecule has 1 saturated heterocycles. The molecule has 8 nitrogen and oxygen atoms in total. The maximum absolute atomic E-state index is 12.6. The van der Waals surface area contributed by atoms with Gasteiger partial charge in [-0.05, 0) is 50.5 Å². The van der Waals surface area contributed by atoms with E-state index in [1.807, 2.05) is 55.5 Å². The summed E-state index contributed by atoms with van der Waals surface area (Å²) in [6.07, 6.45) is 0.572. The fourth-order valence-corrected chi connectivity index (χ4v) is 4.53. The standard InChI is InChI=1S/C25H24N4O4/c1-14-7-9-17(10-8-14)28-21(30)12-16-11-19(25(31)32)29(13-16)24-23-22(26-15(2)27-24)18-5-3-4-6-20(18)33-23/h3-10,16,19H,11-13H2,1-2H3,(H,28,30)(H,31,32)/t16-,19+/m1/s1. The Balaban J connectivity index is 1.43. The van der Waals surface area contributed by atoms with Gasteiger partial charge in [0.2, 0.25) is 5.91 Å². The van der Waals surface area contributed by atoms with Crippen molar-refractivity contribution in [1.82, 2.24) is 9.97 Å². The van der Waals surface area contributed by atoms with Crippen molar-refractivity contribution in [2.45, 2.75) is 32.7 Å². The number of furan rings is 1. The van der Waals surface area contributed by atoms with Gasteiger partial charge in [0.1, 0.15) is 23.0 Å². The first kappa shape index (κ1) is 20.9. The van der Waals surface area contributed by atoms with Crippen LogP contribution in [0.2, 0.25) is 0 Å². The minimum atomic E-state index is -0.947. The molecule has 1 amide bonds. The summed E-state index contributed by atoms with van der Waals surface area (Å²) >= 11 is 0. The van der Waals surface area contributed by atoms with Gasteiger partial charge in [0, 0.05) is 24.0 Å². The molecule has 168 valence electrons. The lowest BCUT2D eigenvalue weighted by atomic mass is 10.0. The summed E-state index contributed by atoms with van der Waals surface area (Å²) < 4.78 is 6.05. The lowest BCUT2D eigenvalue weighted by molar-refractivity contribution is -0.138. The van der Waals surface area contributed by atoms with Gasteiger partial charge in [0.15, 0.2) is 11.4 Å². The smallest absolute Gasteiger partial charge is 0.326 e. The lowest BCUT2D eigenvalue weighted by Crippen LogP contribution is -2.36. The second kappa shape index (κ2) is 8.20. The van der Waals surface area contributed by atoms with Crippen LogP contribution in [0.4, 0.5) is 11.5 Å². The van der Waals surface area contributed by atoms with Crippen LogP contribution in [0.5, 0.6) is 0 Å². The molecule has 0 spiro atoms. The molecule has 2 atom stereocenters. The maximum Gasteiger partial charge on any atom is 0.326 e. The van der Waals surface area contributed by atoms with Crippen LogP contribution >= 0.6 is 0 Å². The molecule has 0 saturated carbocycles. The monoisotopic (exact) mass is 444 g/mol. The Bertz CT molecular complexity index is 1360. The van der Waals surface area contributed by atoms with E-state index in [0.717, 1.165) is 16.6 Å². The molecule has 1 aliphatic rings. The second-order valence-corrected chi connectivity index (χ2v) is 8.60. The molecule has 4 aromatic rings. The molecule has 3 heterocycles. The summed E-state index contributed by atoms with van der Waals surface area (Å²) in [7, 11) is 0. The van der Waals surface area contributed by atoms with E-state index < -0.39 is 12.0 Å². The van der Waals surface area contributed by atoms with Crippen molar-refractivity contribution in [2.24, 2.45) is 5.92 Å². The fourth-order valence-electron chi connectivity index (χ4n) is 4.53. The summed E-state index contributed by atoms with van der Waals surface area (Å²) in [5.74, 6) is -0.220. The SMILES string of the molecule is Cc1ccc(NC(=O)C[C@H]2C[C@@H](C(=O)O)N(c3nc(C)nc4c3oc3ccccc34)C2)cc1. The molecule has 2 N–H and O–H groups in total. The number of carbonyl (C=O) groups excluding carboxylic acids is 1. The number of para-hydroxylation sites is 1. The number of benzene rings is 2. The first-order chi connectivity index (χ1) is 15.9. The number of aryl methyl sites for hydroxylation is 2. The maximum atomic E-state index is 12.6.